The van der Waals surface area contributed by atoms with E-state index in [4.69, 9.17) is 4.74 Å². The van der Waals surface area contributed by atoms with Crippen molar-refractivity contribution in [1.82, 2.24) is 0 Å². The summed E-state index contributed by atoms with van der Waals surface area (Å²) >= 11 is 0. The lowest BCUT2D eigenvalue weighted by Gasteiger charge is -2.00. The standard InChI is InChI=1S/C8H9NO3/c1-2-12-8(11)7-4-9-3-6(7)5-10/h3,5H,2,4H2,1H3. The number of hydrogen-bond donors (Lipinski definition) is 0. The molecule has 0 aromatic rings. The second-order valence-electron chi connectivity index (χ2n) is 2.24. The molecule has 1 heterocycles. The number of hydrogen-bond acceptors (Lipinski definition) is 4. The fourth-order valence-corrected chi connectivity index (χ4v) is 0.907. The Morgan fingerprint density at radius 2 is 2.58 bits per heavy atom. The van der Waals surface area contributed by atoms with Crippen molar-refractivity contribution in [1.29, 1.82) is 0 Å². The highest BCUT2D eigenvalue weighted by Crippen LogP contribution is 2.09. The van der Waals surface area contributed by atoms with Gasteiger partial charge in [0.05, 0.1) is 18.7 Å². The van der Waals surface area contributed by atoms with Crippen LogP contribution in [0.1, 0.15) is 6.92 Å². The molecule has 64 valence electrons. The van der Waals surface area contributed by atoms with E-state index >= 15 is 0 Å². The van der Waals surface area contributed by atoms with Gasteiger partial charge in [-0.1, -0.05) is 0 Å². The molecule has 12 heavy (non-hydrogen) atoms. The number of aldehydes is 1. The molecule has 0 bridgehead atoms. The number of ether oxygens (including phenoxy) is 1. The minimum atomic E-state index is -0.447. The maximum atomic E-state index is 11.1. The van der Waals surface area contributed by atoms with Crippen LogP contribution in [0, 0.1) is 0 Å². The number of rotatable bonds is 3. The van der Waals surface area contributed by atoms with E-state index in [2.05, 4.69) is 4.99 Å². The SMILES string of the molecule is CCOC(=O)C1=C(C=O)C=NC1. The van der Waals surface area contributed by atoms with Gasteiger partial charge in [-0.3, -0.25) is 9.79 Å². The molecular formula is C8H9NO3. The third kappa shape index (κ3) is 1.58. The van der Waals surface area contributed by atoms with Gasteiger partial charge in [-0.2, -0.15) is 0 Å². The minimum absolute atomic E-state index is 0.257. The highest BCUT2D eigenvalue weighted by molar-refractivity contribution is 6.12. The van der Waals surface area contributed by atoms with Crippen LogP contribution in [-0.4, -0.2) is 31.6 Å². The lowest BCUT2D eigenvalue weighted by atomic mass is 10.2. The molecule has 0 atom stereocenters. The highest BCUT2D eigenvalue weighted by Gasteiger charge is 2.18. The predicted octanol–water partition coefficient (Wildman–Crippen LogP) is 0.129. The van der Waals surface area contributed by atoms with Gasteiger partial charge in [-0.05, 0) is 6.92 Å². The molecule has 1 rings (SSSR count). The summed E-state index contributed by atoms with van der Waals surface area (Å²) in [7, 11) is 0. The predicted molar refractivity (Wildman–Crippen MR) is 43.1 cm³/mol. The molecule has 0 saturated carbocycles. The molecular weight excluding hydrogens is 158 g/mol. The van der Waals surface area contributed by atoms with E-state index in [9.17, 15) is 9.59 Å². The average Bonchev–Trinajstić information content (AvgIpc) is 2.51. The third-order valence-electron chi connectivity index (χ3n) is 1.48. The Balaban J connectivity index is 2.75. The van der Waals surface area contributed by atoms with Crippen molar-refractivity contribution in [2.45, 2.75) is 6.92 Å². The van der Waals surface area contributed by atoms with Crippen LogP contribution in [0.4, 0.5) is 0 Å². The molecule has 0 unspecified atom stereocenters. The number of allylic oxidation sites excluding steroid dienone is 1. The summed E-state index contributed by atoms with van der Waals surface area (Å²) in [4.78, 5) is 25.3. The van der Waals surface area contributed by atoms with Gasteiger partial charge in [0.15, 0.2) is 6.29 Å². The van der Waals surface area contributed by atoms with Crippen LogP contribution in [0.5, 0.6) is 0 Å². The topological polar surface area (TPSA) is 55.7 Å². The van der Waals surface area contributed by atoms with Crippen molar-refractivity contribution in [2.24, 2.45) is 4.99 Å². The molecule has 0 aromatic carbocycles. The van der Waals surface area contributed by atoms with Crippen LogP contribution in [0.3, 0.4) is 0 Å². The van der Waals surface area contributed by atoms with Gasteiger partial charge < -0.3 is 4.74 Å². The molecule has 4 nitrogen and oxygen atoms in total. The minimum Gasteiger partial charge on any atom is -0.463 e. The quantitative estimate of drug-likeness (QED) is 0.443. The first kappa shape index (κ1) is 8.64. The van der Waals surface area contributed by atoms with Crippen LogP contribution in [0.2, 0.25) is 0 Å². The van der Waals surface area contributed by atoms with Crippen molar-refractivity contribution in [3.05, 3.63) is 11.1 Å². The van der Waals surface area contributed by atoms with E-state index in [0.717, 1.165) is 0 Å². The lowest BCUT2D eigenvalue weighted by Crippen LogP contribution is -2.10. The zero-order valence-corrected chi connectivity index (χ0v) is 6.74. The maximum absolute atomic E-state index is 11.1. The van der Waals surface area contributed by atoms with Crippen LogP contribution in [-0.2, 0) is 14.3 Å². The summed E-state index contributed by atoms with van der Waals surface area (Å²) in [6, 6.07) is 0. The third-order valence-corrected chi connectivity index (χ3v) is 1.48. The summed E-state index contributed by atoms with van der Waals surface area (Å²) in [6.07, 6.45) is 2.00. The fourth-order valence-electron chi connectivity index (χ4n) is 0.907. The Morgan fingerprint density at radius 1 is 1.83 bits per heavy atom. The summed E-state index contributed by atoms with van der Waals surface area (Å²) in [5, 5.41) is 0. The summed E-state index contributed by atoms with van der Waals surface area (Å²) < 4.78 is 4.72. The Bertz CT molecular complexity index is 265. The van der Waals surface area contributed by atoms with Crippen molar-refractivity contribution in [2.75, 3.05) is 13.2 Å². The van der Waals surface area contributed by atoms with E-state index in [0.29, 0.717) is 24.0 Å². The van der Waals surface area contributed by atoms with E-state index in [1.54, 1.807) is 6.92 Å². The number of nitrogens with zero attached hydrogens (tertiary/aromatic N) is 1. The summed E-state index contributed by atoms with van der Waals surface area (Å²) in [5.74, 6) is -0.447. The lowest BCUT2D eigenvalue weighted by molar-refractivity contribution is -0.138. The molecule has 0 aromatic heterocycles. The summed E-state index contributed by atoms with van der Waals surface area (Å²) in [5.41, 5.74) is 0.681. The van der Waals surface area contributed by atoms with Crippen LogP contribution < -0.4 is 0 Å². The van der Waals surface area contributed by atoms with E-state index < -0.39 is 5.97 Å². The van der Waals surface area contributed by atoms with Crippen molar-refractivity contribution in [3.8, 4) is 0 Å². The van der Waals surface area contributed by atoms with E-state index in [1.807, 2.05) is 0 Å². The molecule has 1 aliphatic rings. The van der Waals surface area contributed by atoms with Gasteiger partial charge in [0.2, 0.25) is 0 Å². The Labute approximate surface area is 69.9 Å². The molecule has 0 radical (unpaired) electrons. The van der Waals surface area contributed by atoms with Gasteiger partial charge in [0, 0.05) is 11.8 Å². The zero-order chi connectivity index (χ0) is 8.97. The Kier molecular flexibility index (Phi) is 2.74. The molecule has 4 heteroatoms. The molecule has 0 saturated heterocycles. The first-order valence-electron chi connectivity index (χ1n) is 3.65. The van der Waals surface area contributed by atoms with Gasteiger partial charge in [-0.15, -0.1) is 0 Å². The number of aliphatic imine (C=N–C) groups is 1. The first-order chi connectivity index (χ1) is 5.79. The molecule has 0 aliphatic carbocycles. The van der Waals surface area contributed by atoms with Crippen molar-refractivity contribution >= 4 is 18.5 Å². The largest absolute Gasteiger partial charge is 0.463 e. The highest BCUT2D eigenvalue weighted by atomic mass is 16.5. The van der Waals surface area contributed by atoms with Crippen LogP contribution in [0.25, 0.3) is 0 Å². The smallest absolute Gasteiger partial charge is 0.336 e. The molecule has 0 fully saturated rings. The number of carbonyl (C=O) groups is 2. The fraction of sp³-hybridized carbons (Fsp3) is 0.375. The Morgan fingerprint density at radius 3 is 3.17 bits per heavy atom. The molecule has 1 aliphatic heterocycles. The van der Waals surface area contributed by atoms with Crippen LogP contribution in [0.15, 0.2) is 16.1 Å². The molecule has 0 N–H and O–H groups in total. The summed E-state index contributed by atoms with van der Waals surface area (Å²) in [6.45, 7) is 2.29. The number of esters is 1. The first-order valence-corrected chi connectivity index (χ1v) is 3.65. The molecule has 0 spiro atoms. The molecule has 0 amide bonds. The van der Waals surface area contributed by atoms with Gasteiger partial charge in [0.1, 0.15) is 0 Å². The average molecular weight is 167 g/mol. The normalized spacial score (nSPS) is 15.1. The monoisotopic (exact) mass is 167 g/mol. The zero-order valence-electron chi connectivity index (χ0n) is 6.74. The number of carbonyl (C=O) groups excluding carboxylic acids is 2. The second kappa shape index (κ2) is 3.80. The van der Waals surface area contributed by atoms with Crippen molar-refractivity contribution in [3.63, 3.8) is 0 Å². The second-order valence-corrected chi connectivity index (χ2v) is 2.24. The van der Waals surface area contributed by atoms with Gasteiger partial charge in [0.25, 0.3) is 0 Å². The van der Waals surface area contributed by atoms with E-state index in [-0.39, 0.29) is 6.54 Å². The van der Waals surface area contributed by atoms with Crippen molar-refractivity contribution < 1.29 is 14.3 Å². The van der Waals surface area contributed by atoms with E-state index in [1.165, 1.54) is 6.21 Å². The van der Waals surface area contributed by atoms with Gasteiger partial charge in [-0.25, -0.2) is 4.79 Å². The van der Waals surface area contributed by atoms with Crippen LogP contribution >= 0.6 is 0 Å². The van der Waals surface area contributed by atoms with Gasteiger partial charge >= 0.3 is 5.97 Å². The maximum Gasteiger partial charge on any atom is 0.336 e. The Hall–Kier alpha value is -1.45.